The summed E-state index contributed by atoms with van der Waals surface area (Å²) in [7, 11) is 1.58. The number of methoxy groups -OCH3 is 1. The van der Waals surface area contributed by atoms with Crippen molar-refractivity contribution in [3.05, 3.63) is 35.7 Å². The maximum atomic E-state index is 12.2. The van der Waals surface area contributed by atoms with Gasteiger partial charge in [0.15, 0.2) is 5.69 Å². The Bertz CT molecular complexity index is 646. The van der Waals surface area contributed by atoms with Crippen molar-refractivity contribution in [3.8, 4) is 5.75 Å². The van der Waals surface area contributed by atoms with Gasteiger partial charge in [-0.1, -0.05) is 6.07 Å². The molecular weight excluding hydrogens is 256 g/mol. The molecule has 0 saturated heterocycles. The summed E-state index contributed by atoms with van der Waals surface area (Å²) in [5, 5.41) is 9.65. The predicted molar refractivity (Wildman–Crippen MR) is 75.9 cm³/mol. The highest BCUT2D eigenvalue weighted by molar-refractivity contribution is 6.06. The lowest BCUT2D eigenvalue weighted by atomic mass is 10.2. The van der Waals surface area contributed by atoms with E-state index >= 15 is 0 Å². The van der Waals surface area contributed by atoms with E-state index in [-0.39, 0.29) is 11.6 Å². The molecule has 4 N–H and O–H groups in total. The molecule has 0 unspecified atom stereocenters. The van der Waals surface area contributed by atoms with Crippen LogP contribution < -0.4 is 15.8 Å². The molecule has 0 bridgehead atoms. The third kappa shape index (κ3) is 2.32. The summed E-state index contributed by atoms with van der Waals surface area (Å²) < 4.78 is 5.11. The van der Waals surface area contributed by atoms with Crippen LogP contribution in [0.15, 0.2) is 24.3 Å². The van der Waals surface area contributed by atoms with E-state index < -0.39 is 0 Å². The summed E-state index contributed by atoms with van der Waals surface area (Å²) in [6, 6.07) is 7.13. The third-order valence-electron chi connectivity index (χ3n) is 3.36. The first-order valence-electron chi connectivity index (χ1n) is 6.48. The number of nitrogens with zero attached hydrogens (tertiary/aromatic N) is 1. The Morgan fingerprint density at radius 3 is 3.00 bits per heavy atom. The number of nitrogens with one attached hydrogen (secondary N) is 2. The van der Waals surface area contributed by atoms with Crippen LogP contribution in [0.25, 0.3) is 0 Å². The molecule has 1 aromatic heterocycles. The van der Waals surface area contributed by atoms with Gasteiger partial charge >= 0.3 is 0 Å². The number of nitrogen functional groups attached to an aromatic ring is 1. The van der Waals surface area contributed by atoms with Crippen LogP contribution in [0.4, 0.5) is 11.4 Å². The van der Waals surface area contributed by atoms with E-state index in [0.29, 0.717) is 23.0 Å². The number of ether oxygens (including phenoxy) is 1. The summed E-state index contributed by atoms with van der Waals surface area (Å²) in [5.74, 6) is 0.788. The fourth-order valence-corrected chi connectivity index (χ4v) is 2.11. The van der Waals surface area contributed by atoms with Crippen LogP contribution in [0, 0.1) is 0 Å². The molecule has 1 amide bonds. The minimum Gasteiger partial charge on any atom is -0.497 e. The second-order valence-electron chi connectivity index (χ2n) is 4.86. The Morgan fingerprint density at radius 2 is 2.30 bits per heavy atom. The van der Waals surface area contributed by atoms with E-state index in [4.69, 9.17) is 10.5 Å². The normalized spacial score (nSPS) is 14.1. The predicted octanol–water partition coefficient (Wildman–Crippen LogP) is 2.13. The van der Waals surface area contributed by atoms with Crippen LogP contribution in [0.1, 0.15) is 34.9 Å². The molecule has 1 heterocycles. The Hall–Kier alpha value is -2.50. The molecule has 104 valence electrons. The fraction of sp³-hybridized carbons (Fsp3) is 0.286. The van der Waals surface area contributed by atoms with Crippen molar-refractivity contribution in [2.24, 2.45) is 0 Å². The number of nitrogens with two attached hydrogens (primary N) is 1. The summed E-state index contributed by atoms with van der Waals surface area (Å²) >= 11 is 0. The van der Waals surface area contributed by atoms with Crippen molar-refractivity contribution in [2.45, 2.75) is 18.8 Å². The molecule has 3 rings (SSSR count). The molecule has 0 atom stereocenters. The van der Waals surface area contributed by atoms with Gasteiger partial charge in [-0.3, -0.25) is 9.89 Å². The SMILES string of the molecule is COc1cccc(NC(=O)c2n[nH]c(C3CC3)c2N)c1. The highest BCUT2D eigenvalue weighted by atomic mass is 16.5. The van der Waals surface area contributed by atoms with Gasteiger partial charge in [0, 0.05) is 17.7 Å². The Labute approximate surface area is 116 Å². The number of anilines is 2. The van der Waals surface area contributed by atoms with Crippen molar-refractivity contribution in [1.82, 2.24) is 10.2 Å². The Balaban J connectivity index is 1.78. The average molecular weight is 272 g/mol. The minimum absolute atomic E-state index is 0.245. The van der Waals surface area contributed by atoms with Gasteiger partial charge in [-0.05, 0) is 25.0 Å². The summed E-state index contributed by atoms with van der Waals surface area (Å²) in [6.45, 7) is 0. The van der Waals surface area contributed by atoms with Crippen LogP contribution >= 0.6 is 0 Å². The van der Waals surface area contributed by atoms with E-state index in [1.165, 1.54) is 0 Å². The summed E-state index contributed by atoms with van der Waals surface area (Å²) in [4.78, 5) is 12.2. The van der Waals surface area contributed by atoms with Crippen LogP contribution in [0.3, 0.4) is 0 Å². The third-order valence-corrected chi connectivity index (χ3v) is 3.36. The smallest absolute Gasteiger partial charge is 0.278 e. The standard InChI is InChI=1S/C14H16N4O2/c1-20-10-4-2-3-9(7-10)16-14(19)13-11(15)12(17-18-13)8-5-6-8/h2-4,7-8H,5-6,15H2,1H3,(H,16,19)(H,17,18). The van der Waals surface area contributed by atoms with Crippen LogP contribution in [0.5, 0.6) is 5.75 Å². The number of hydrogen-bond acceptors (Lipinski definition) is 4. The number of hydrogen-bond donors (Lipinski definition) is 3. The molecule has 0 aliphatic heterocycles. The summed E-state index contributed by atoms with van der Waals surface area (Å²) in [5.41, 5.74) is 8.19. The number of aromatic amines is 1. The second-order valence-corrected chi connectivity index (χ2v) is 4.86. The number of benzene rings is 1. The molecule has 1 fully saturated rings. The zero-order valence-electron chi connectivity index (χ0n) is 11.1. The van der Waals surface area contributed by atoms with Crippen molar-refractivity contribution in [2.75, 3.05) is 18.2 Å². The van der Waals surface area contributed by atoms with Gasteiger partial charge in [-0.15, -0.1) is 0 Å². The Kier molecular flexibility index (Phi) is 3.06. The topological polar surface area (TPSA) is 93.0 Å². The maximum Gasteiger partial charge on any atom is 0.278 e. The molecule has 2 aromatic rings. The monoisotopic (exact) mass is 272 g/mol. The van der Waals surface area contributed by atoms with Gasteiger partial charge < -0.3 is 15.8 Å². The van der Waals surface area contributed by atoms with E-state index in [9.17, 15) is 4.79 Å². The lowest BCUT2D eigenvalue weighted by Crippen LogP contribution is -2.14. The van der Waals surface area contributed by atoms with Crippen molar-refractivity contribution >= 4 is 17.3 Å². The molecule has 1 saturated carbocycles. The Morgan fingerprint density at radius 1 is 1.50 bits per heavy atom. The largest absolute Gasteiger partial charge is 0.497 e. The van der Waals surface area contributed by atoms with Crippen LogP contribution in [0.2, 0.25) is 0 Å². The number of aromatic nitrogens is 2. The minimum atomic E-state index is -0.320. The maximum absolute atomic E-state index is 12.2. The molecule has 6 nitrogen and oxygen atoms in total. The van der Waals surface area contributed by atoms with Gasteiger partial charge in [0.25, 0.3) is 5.91 Å². The van der Waals surface area contributed by atoms with E-state index in [1.54, 1.807) is 25.3 Å². The molecule has 6 heteroatoms. The van der Waals surface area contributed by atoms with E-state index in [0.717, 1.165) is 18.5 Å². The highest BCUT2D eigenvalue weighted by Crippen LogP contribution is 2.42. The average Bonchev–Trinajstić information content (AvgIpc) is 3.22. The first kappa shape index (κ1) is 12.5. The lowest BCUT2D eigenvalue weighted by Gasteiger charge is -2.06. The first-order chi connectivity index (χ1) is 9.69. The number of carbonyl (C=O) groups is 1. The van der Waals surface area contributed by atoms with Gasteiger partial charge in [-0.25, -0.2) is 0 Å². The number of carbonyl (C=O) groups excluding carboxylic acids is 1. The van der Waals surface area contributed by atoms with E-state index in [1.807, 2.05) is 6.07 Å². The molecular formula is C14H16N4O2. The quantitative estimate of drug-likeness (QED) is 0.794. The number of amides is 1. The van der Waals surface area contributed by atoms with Crippen molar-refractivity contribution < 1.29 is 9.53 Å². The van der Waals surface area contributed by atoms with E-state index in [2.05, 4.69) is 15.5 Å². The second kappa shape index (κ2) is 4.88. The van der Waals surface area contributed by atoms with Gasteiger partial charge in [0.1, 0.15) is 5.75 Å². The fourth-order valence-electron chi connectivity index (χ4n) is 2.11. The van der Waals surface area contributed by atoms with Crippen LogP contribution in [-0.4, -0.2) is 23.2 Å². The van der Waals surface area contributed by atoms with Crippen molar-refractivity contribution in [1.29, 1.82) is 0 Å². The zero-order chi connectivity index (χ0) is 14.1. The number of rotatable bonds is 4. The van der Waals surface area contributed by atoms with Gasteiger partial charge in [0.05, 0.1) is 18.5 Å². The molecule has 0 spiro atoms. The molecule has 1 aromatic carbocycles. The van der Waals surface area contributed by atoms with Gasteiger partial charge in [0.2, 0.25) is 0 Å². The highest BCUT2D eigenvalue weighted by Gasteiger charge is 2.30. The van der Waals surface area contributed by atoms with Crippen molar-refractivity contribution in [3.63, 3.8) is 0 Å². The van der Waals surface area contributed by atoms with Crippen LogP contribution in [-0.2, 0) is 0 Å². The summed E-state index contributed by atoms with van der Waals surface area (Å²) in [6.07, 6.45) is 2.20. The molecule has 0 radical (unpaired) electrons. The first-order valence-corrected chi connectivity index (χ1v) is 6.48. The van der Waals surface area contributed by atoms with Gasteiger partial charge in [-0.2, -0.15) is 5.10 Å². The molecule has 1 aliphatic carbocycles. The lowest BCUT2D eigenvalue weighted by molar-refractivity contribution is 0.102. The number of H-pyrrole nitrogens is 1. The molecule has 20 heavy (non-hydrogen) atoms. The molecule has 1 aliphatic rings. The zero-order valence-corrected chi connectivity index (χ0v) is 11.1.